The van der Waals surface area contributed by atoms with Crippen LogP contribution in [-0.4, -0.2) is 65.4 Å². The van der Waals surface area contributed by atoms with Crippen LogP contribution in [-0.2, 0) is 28.7 Å². The molecule has 0 saturated heterocycles. The average Bonchev–Trinajstić information content (AvgIpc) is 0.867. The van der Waals surface area contributed by atoms with Crippen molar-refractivity contribution in [3.05, 3.63) is 291 Å². The van der Waals surface area contributed by atoms with Gasteiger partial charge in [-0.3, -0.25) is 29.1 Å². The molecule has 2 heterocycles. The van der Waals surface area contributed by atoms with Crippen LogP contribution < -0.4 is 10.6 Å². The van der Waals surface area contributed by atoms with Gasteiger partial charge >= 0.3 is 17.9 Å². The first-order chi connectivity index (χ1) is 45.9. The number of anilines is 2. The maximum absolute atomic E-state index is 12.4. The van der Waals surface area contributed by atoms with Crippen molar-refractivity contribution in [3.8, 4) is 0 Å². The molecule has 0 saturated carbocycles. The zero-order valence-electron chi connectivity index (χ0n) is 58.4. The molecule has 8 aromatic carbocycles. The number of ether oxygens (including phenoxy) is 2. The molecule has 4 unspecified atom stereocenters. The first kappa shape index (κ1) is 76.4. The zero-order valence-corrected chi connectivity index (χ0v) is 58.4. The van der Waals surface area contributed by atoms with E-state index in [1.165, 1.54) is 75.8 Å². The van der Waals surface area contributed by atoms with Crippen LogP contribution in [0.1, 0.15) is 162 Å². The SMILES string of the molecule is CC(=O)c1ccc(C)cc1.COC(=O)/C=C(\C)c1ccc(C)cc1.COC(=O)CC(C)c1ccc(C)cc1.Cc1ccc(C(C)CC(=O)Nc2cccc3cccnc23)cc1.Cc1ccc(C(C)CC(=O)O)cc1.Cc1ccc(C(C)CCNc2cccc3cccnc23)cc1. The number of nitrogens with one attached hydrogen (secondary N) is 2. The number of rotatable bonds is 18. The minimum Gasteiger partial charge on any atom is -0.481 e. The van der Waals surface area contributed by atoms with Crippen molar-refractivity contribution < 1.29 is 38.6 Å². The second-order valence-corrected chi connectivity index (χ2v) is 24.5. The number of aromatic nitrogens is 2. The van der Waals surface area contributed by atoms with E-state index in [4.69, 9.17) is 5.11 Å². The van der Waals surface area contributed by atoms with E-state index in [0.717, 1.165) is 63.0 Å². The maximum Gasteiger partial charge on any atom is 0.330 e. The summed E-state index contributed by atoms with van der Waals surface area (Å²) in [5, 5.41) is 17.3. The van der Waals surface area contributed by atoms with Crippen molar-refractivity contribution in [2.24, 2.45) is 0 Å². The van der Waals surface area contributed by atoms with E-state index in [0.29, 0.717) is 18.8 Å². The fourth-order valence-corrected chi connectivity index (χ4v) is 9.97. The van der Waals surface area contributed by atoms with Crippen LogP contribution in [0.2, 0.25) is 0 Å². The summed E-state index contributed by atoms with van der Waals surface area (Å²) < 4.78 is 9.18. The largest absolute Gasteiger partial charge is 0.481 e. The van der Waals surface area contributed by atoms with Crippen molar-refractivity contribution in [2.75, 3.05) is 31.4 Å². The number of amides is 1. The Morgan fingerprint density at radius 3 is 1.21 bits per heavy atom. The molecule has 12 nitrogen and oxygen atoms in total. The number of aryl methyl sites for hydroxylation is 6. The second kappa shape index (κ2) is 40.0. The molecule has 96 heavy (non-hydrogen) atoms. The van der Waals surface area contributed by atoms with Crippen LogP contribution >= 0.6 is 0 Å². The number of para-hydroxylation sites is 2. The van der Waals surface area contributed by atoms with Crippen molar-refractivity contribution >= 4 is 68.4 Å². The van der Waals surface area contributed by atoms with Gasteiger partial charge in [-0.1, -0.05) is 243 Å². The first-order valence-corrected chi connectivity index (χ1v) is 32.6. The third kappa shape index (κ3) is 26.9. The lowest BCUT2D eigenvalue weighted by molar-refractivity contribution is -0.141. The van der Waals surface area contributed by atoms with Gasteiger partial charge in [-0.2, -0.15) is 0 Å². The molecule has 0 aliphatic rings. The number of ketones is 1. The van der Waals surface area contributed by atoms with E-state index >= 15 is 0 Å². The Balaban J connectivity index is 0.000000214. The predicted octanol–water partition coefficient (Wildman–Crippen LogP) is 19.8. The molecule has 500 valence electrons. The molecular formula is C84H96N4O8. The lowest BCUT2D eigenvalue weighted by Gasteiger charge is -2.14. The fourth-order valence-electron chi connectivity index (χ4n) is 9.97. The normalized spacial score (nSPS) is 11.8. The Kier molecular flexibility index (Phi) is 31.9. The summed E-state index contributed by atoms with van der Waals surface area (Å²) in [6.07, 6.45) is 7.28. The molecule has 3 N–H and O–H groups in total. The van der Waals surface area contributed by atoms with E-state index < -0.39 is 5.97 Å². The number of allylic oxidation sites excluding steroid dienone is 1. The van der Waals surface area contributed by atoms with Crippen molar-refractivity contribution in [1.82, 2.24) is 9.97 Å². The number of carbonyl (C=O) groups is 5. The second-order valence-electron chi connectivity index (χ2n) is 24.5. The number of methoxy groups -OCH3 is 2. The van der Waals surface area contributed by atoms with Crippen LogP contribution in [0.25, 0.3) is 27.4 Å². The summed E-state index contributed by atoms with van der Waals surface area (Å²) in [4.78, 5) is 64.4. The third-order valence-corrected chi connectivity index (χ3v) is 16.2. The summed E-state index contributed by atoms with van der Waals surface area (Å²) in [6, 6.07) is 69.1. The van der Waals surface area contributed by atoms with Gasteiger partial charge in [0.25, 0.3) is 0 Å². The number of Topliss-reactive ketones (excluding diaryl/α,β-unsaturated/α-hetero) is 1. The van der Waals surface area contributed by atoms with Gasteiger partial charge in [0.1, 0.15) is 0 Å². The van der Waals surface area contributed by atoms with Gasteiger partial charge in [0, 0.05) is 47.8 Å². The number of fused-ring (bicyclic) bond motifs is 2. The van der Waals surface area contributed by atoms with E-state index in [1.807, 2.05) is 157 Å². The molecule has 12 heteroatoms. The number of hydrogen-bond donors (Lipinski definition) is 3. The number of carboxylic acids is 1. The van der Waals surface area contributed by atoms with Gasteiger partial charge in [-0.25, -0.2) is 4.79 Å². The molecule has 4 atom stereocenters. The molecule has 0 spiro atoms. The molecular weight excluding hydrogens is 1190 g/mol. The standard InChI is InChI=1S/C20H20N2O.C20H22N2.C12H16O2.C12H14O2.C11H14O2.C9H10O/c1-14-8-10-16(11-9-14)15(2)13-19(23)22-18-7-3-5-17-6-4-12-21-20(17)18;1-15-8-10-17(11-9-15)16(2)12-14-21-19-7-3-5-18-6-4-13-22-20(18)19;2*1-9-4-6-11(7-5-9)10(2)8-12(13)14-3;1-8-3-5-10(6-4-8)9(2)7-11(12)13;1-7-3-5-9(6-4-7)8(2)10/h3-12,15H,13H2,1-2H3,(H,22,23);3-11,13,16,21H,12,14H2,1-2H3;4-7,10H,8H2,1-3H3;4-8H,1-3H3;3-6,9H,7H2,1-2H3,(H,12,13);3-6H,1-2H3/b;;;10-8+;;. The van der Waals surface area contributed by atoms with E-state index in [1.54, 1.807) is 13.1 Å². The number of esters is 2. The number of benzene rings is 8. The number of carbonyl (C=O) groups excluding carboxylic acids is 4. The molecule has 1 amide bonds. The zero-order chi connectivity index (χ0) is 70.1. The van der Waals surface area contributed by atoms with Gasteiger partial charge in [-0.15, -0.1) is 0 Å². The van der Waals surface area contributed by atoms with Gasteiger partial charge in [0.15, 0.2) is 5.78 Å². The van der Waals surface area contributed by atoms with Gasteiger partial charge in [0.05, 0.1) is 49.5 Å². The highest BCUT2D eigenvalue weighted by molar-refractivity contribution is 6.00. The Morgan fingerprint density at radius 2 is 0.802 bits per heavy atom. The number of carboxylic acid groups (broad SMARTS) is 1. The summed E-state index contributed by atoms with van der Waals surface area (Å²) >= 11 is 0. The number of pyridine rings is 2. The van der Waals surface area contributed by atoms with Crippen molar-refractivity contribution in [3.63, 3.8) is 0 Å². The number of aliphatic carboxylic acids is 1. The minimum absolute atomic E-state index is 0.0104. The van der Waals surface area contributed by atoms with Crippen LogP contribution in [0.15, 0.2) is 225 Å². The lowest BCUT2D eigenvalue weighted by Crippen LogP contribution is -2.14. The van der Waals surface area contributed by atoms with Crippen LogP contribution in [0.3, 0.4) is 0 Å². The van der Waals surface area contributed by atoms with E-state index in [2.05, 4.69) is 162 Å². The van der Waals surface area contributed by atoms with Crippen LogP contribution in [0, 0.1) is 41.5 Å². The molecule has 10 aromatic rings. The monoisotopic (exact) mass is 1290 g/mol. The smallest absolute Gasteiger partial charge is 0.330 e. The Labute approximate surface area is 569 Å². The van der Waals surface area contributed by atoms with Gasteiger partial charge in [-0.05, 0) is 143 Å². The Hall–Kier alpha value is -10.3. The highest BCUT2D eigenvalue weighted by atomic mass is 16.5. The summed E-state index contributed by atoms with van der Waals surface area (Å²) in [5.74, 6) is -0.0267. The van der Waals surface area contributed by atoms with Crippen LogP contribution in [0.4, 0.5) is 11.4 Å². The van der Waals surface area contributed by atoms with Crippen molar-refractivity contribution in [2.45, 2.75) is 132 Å². The quantitative estimate of drug-likeness (QED) is 0.0424. The van der Waals surface area contributed by atoms with Gasteiger partial charge in [0.2, 0.25) is 5.91 Å². The Morgan fingerprint density at radius 1 is 0.438 bits per heavy atom. The molecule has 10 rings (SSSR count). The highest BCUT2D eigenvalue weighted by Crippen LogP contribution is 2.27. The highest BCUT2D eigenvalue weighted by Gasteiger charge is 2.15. The van der Waals surface area contributed by atoms with E-state index in [-0.39, 0.29) is 47.8 Å². The third-order valence-electron chi connectivity index (χ3n) is 16.2. The van der Waals surface area contributed by atoms with Gasteiger partial charge < -0.3 is 25.2 Å². The maximum atomic E-state index is 12.4. The lowest BCUT2D eigenvalue weighted by atomic mass is 9.96. The molecule has 2 aromatic heterocycles. The summed E-state index contributed by atoms with van der Waals surface area (Å²) in [6.45, 7) is 25.0. The number of nitrogens with zero attached hydrogens (tertiary/aromatic N) is 2. The predicted molar refractivity (Wildman–Crippen MR) is 395 cm³/mol. The molecule has 0 bridgehead atoms. The molecule has 0 aliphatic heterocycles. The van der Waals surface area contributed by atoms with Crippen molar-refractivity contribution in [1.29, 1.82) is 0 Å². The average molecular weight is 1290 g/mol. The Bertz CT molecular complexity index is 4060. The molecule has 0 aliphatic carbocycles. The minimum atomic E-state index is -0.743. The topological polar surface area (TPSA) is 174 Å². The molecule has 0 fully saturated rings. The molecule has 0 radical (unpaired) electrons. The fraction of sp³-hybridized carbons (Fsp3) is 0.274. The van der Waals surface area contributed by atoms with Crippen LogP contribution in [0.5, 0.6) is 0 Å². The van der Waals surface area contributed by atoms with E-state index in [9.17, 15) is 24.0 Å². The summed E-state index contributed by atoms with van der Waals surface area (Å²) in [7, 11) is 2.80. The first-order valence-electron chi connectivity index (χ1n) is 32.6. The number of hydrogen-bond acceptors (Lipinski definition) is 10. The summed E-state index contributed by atoms with van der Waals surface area (Å²) in [5.41, 5.74) is 18.7.